The summed E-state index contributed by atoms with van der Waals surface area (Å²) >= 11 is -0.826. The van der Waals surface area contributed by atoms with Crippen molar-refractivity contribution in [2.45, 2.75) is 47.7 Å². The summed E-state index contributed by atoms with van der Waals surface area (Å²) in [6, 6.07) is 46.1. The molecule has 0 atom stereocenters. The Bertz CT molecular complexity index is 2000. The van der Waals surface area contributed by atoms with E-state index in [1.807, 2.05) is 0 Å². The molecule has 0 aliphatic heterocycles. The van der Waals surface area contributed by atoms with Crippen molar-refractivity contribution in [2.75, 3.05) is 0 Å². The molecule has 0 fully saturated rings. The van der Waals surface area contributed by atoms with E-state index in [2.05, 4.69) is 175 Å². The van der Waals surface area contributed by atoms with E-state index in [0.717, 1.165) is 9.52 Å². The van der Waals surface area contributed by atoms with Crippen molar-refractivity contribution < 1.29 is 20.8 Å². The van der Waals surface area contributed by atoms with Crippen molar-refractivity contribution in [1.29, 1.82) is 0 Å². The molecule has 0 bridgehead atoms. The Hall–Kier alpha value is -3.00. The monoisotopic (exact) mass is 746 g/mol. The van der Waals surface area contributed by atoms with Crippen LogP contribution in [0.3, 0.4) is 0 Å². The van der Waals surface area contributed by atoms with Gasteiger partial charge in [-0.2, -0.15) is 6.07 Å². The molecule has 236 valence electrons. The predicted molar refractivity (Wildman–Crippen MR) is 208 cm³/mol. The van der Waals surface area contributed by atoms with Crippen molar-refractivity contribution in [3.63, 3.8) is 0 Å². The van der Waals surface area contributed by atoms with Crippen LogP contribution in [0.5, 0.6) is 0 Å². The summed E-state index contributed by atoms with van der Waals surface area (Å²) in [5.74, 6) is 0. The fourth-order valence-electron chi connectivity index (χ4n) is 6.34. The fraction of sp³-hybridized carbons (Fsp3) is 0.163. The van der Waals surface area contributed by atoms with Gasteiger partial charge in [-0.1, -0.05) is 151 Å². The first-order chi connectivity index (χ1) is 22.7. The second-order valence-corrected chi connectivity index (χ2v) is 16.7. The van der Waals surface area contributed by atoms with E-state index in [1.165, 1.54) is 82.7 Å². The standard InChI is InChI=1S/C24H21.C17H15.C2H6Si.2ClH.Zr/c1-16-12-17(2)24(18(3)13-16)21-14-20-10-7-11-22(23(20)15-21)19-8-5-4-6-9-19;1-12-10-16-13(2)8-9-15(17(16)11-12)14-6-4-3-5-7-14;1-3-2;;;/h4-15H,1-3H3;3-11H,1-2H3;1-2H3;2*1H;/q2*-1;;;;+4/p-2. The van der Waals surface area contributed by atoms with Gasteiger partial charge in [-0.15, -0.1) is 68.6 Å². The van der Waals surface area contributed by atoms with E-state index in [9.17, 15) is 0 Å². The zero-order valence-electron chi connectivity index (χ0n) is 28.4. The average Bonchev–Trinajstić information content (AvgIpc) is 3.66. The van der Waals surface area contributed by atoms with Gasteiger partial charge in [0.05, 0.1) is 0 Å². The number of benzene rings is 5. The zero-order chi connectivity index (χ0) is 33.9. The molecule has 0 saturated heterocycles. The van der Waals surface area contributed by atoms with E-state index in [4.69, 9.17) is 17.0 Å². The Labute approximate surface area is 303 Å². The summed E-state index contributed by atoms with van der Waals surface area (Å²) in [7, 11) is 11.0. The first-order valence-electron chi connectivity index (χ1n) is 15.8. The number of fused-ring (bicyclic) bond motifs is 2. The Kier molecular flexibility index (Phi) is 14.1. The molecular weight excluding hydrogens is 707 g/mol. The van der Waals surface area contributed by atoms with Crippen LogP contribution in [0.4, 0.5) is 0 Å². The van der Waals surface area contributed by atoms with E-state index < -0.39 is 20.8 Å². The molecule has 4 heteroatoms. The quantitative estimate of drug-likeness (QED) is 0.125. The number of hydrogen-bond acceptors (Lipinski definition) is 0. The number of aryl methyl sites for hydroxylation is 5. The molecular formula is C43H42Cl2SiZr. The molecule has 7 aromatic rings. The van der Waals surface area contributed by atoms with Gasteiger partial charge in [-0.3, -0.25) is 0 Å². The molecule has 7 aromatic carbocycles. The molecule has 0 aromatic heterocycles. The van der Waals surface area contributed by atoms with Crippen molar-refractivity contribution in [1.82, 2.24) is 0 Å². The maximum atomic E-state index is 4.93. The van der Waals surface area contributed by atoms with Crippen LogP contribution in [0.25, 0.3) is 54.9 Å². The molecule has 0 nitrogen and oxygen atoms in total. The van der Waals surface area contributed by atoms with Crippen molar-refractivity contribution in [2.24, 2.45) is 0 Å². The molecule has 0 amide bonds. The van der Waals surface area contributed by atoms with Crippen LogP contribution in [-0.2, 0) is 20.8 Å². The minimum absolute atomic E-state index is 0.826. The van der Waals surface area contributed by atoms with E-state index in [0.29, 0.717) is 0 Å². The molecule has 0 aliphatic carbocycles. The van der Waals surface area contributed by atoms with Crippen LogP contribution in [0, 0.1) is 34.6 Å². The van der Waals surface area contributed by atoms with E-state index in [1.54, 1.807) is 0 Å². The van der Waals surface area contributed by atoms with Crippen LogP contribution < -0.4 is 0 Å². The van der Waals surface area contributed by atoms with E-state index >= 15 is 0 Å². The second kappa shape index (κ2) is 18.0. The van der Waals surface area contributed by atoms with Gasteiger partial charge in [0.25, 0.3) is 0 Å². The number of hydrogen-bond donors (Lipinski definition) is 0. The third kappa shape index (κ3) is 9.33. The normalized spacial score (nSPS) is 10.2. The maximum absolute atomic E-state index is 4.93. The average molecular weight is 749 g/mol. The topological polar surface area (TPSA) is 0 Å². The van der Waals surface area contributed by atoms with Crippen LogP contribution in [0.1, 0.15) is 27.8 Å². The Morgan fingerprint density at radius 2 is 1.09 bits per heavy atom. The molecule has 0 aliphatic rings. The Morgan fingerprint density at radius 1 is 0.553 bits per heavy atom. The Balaban J connectivity index is 0.000000190. The van der Waals surface area contributed by atoms with Gasteiger partial charge in [-0.25, -0.2) is 0 Å². The third-order valence-corrected chi connectivity index (χ3v) is 8.14. The summed E-state index contributed by atoms with van der Waals surface area (Å²) in [5.41, 5.74) is 14.6. The van der Waals surface area contributed by atoms with Crippen LogP contribution >= 0.6 is 17.0 Å². The second-order valence-electron chi connectivity index (χ2n) is 11.9. The molecule has 47 heavy (non-hydrogen) atoms. The van der Waals surface area contributed by atoms with Gasteiger partial charge in [0.2, 0.25) is 0 Å². The molecule has 0 saturated carbocycles. The van der Waals surface area contributed by atoms with Crippen LogP contribution in [-0.4, -0.2) is 9.52 Å². The molecule has 0 heterocycles. The molecule has 0 N–H and O–H groups in total. The SMILES string of the molecule is C[Si]C.Cc1cc(C)c(-c2cc3c(-c4ccccc4)cccc3[cH-]2)c(C)c1.Cc1cc2c(-c3ccccc3)ccc(C)c2[cH-]1.[Cl][Zr+2][Cl]. The van der Waals surface area contributed by atoms with Crippen LogP contribution in [0.15, 0.2) is 127 Å². The molecule has 0 unspecified atom stereocenters. The van der Waals surface area contributed by atoms with Gasteiger partial charge < -0.3 is 0 Å². The van der Waals surface area contributed by atoms with Crippen molar-refractivity contribution in [3.8, 4) is 33.4 Å². The van der Waals surface area contributed by atoms with Crippen LogP contribution in [0.2, 0.25) is 13.1 Å². The molecule has 2 radical (unpaired) electrons. The summed E-state index contributed by atoms with van der Waals surface area (Å²) in [4.78, 5) is 0. The van der Waals surface area contributed by atoms with Gasteiger partial charge in [-0.05, 0) is 31.9 Å². The van der Waals surface area contributed by atoms with Gasteiger partial charge in [0.1, 0.15) is 0 Å². The predicted octanol–water partition coefficient (Wildman–Crippen LogP) is 13.8. The summed E-state index contributed by atoms with van der Waals surface area (Å²) in [6.45, 7) is 15.2. The van der Waals surface area contributed by atoms with Crippen molar-refractivity contribution in [3.05, 3.63) is 155 Å². The van der Waals surface area contributed by atoms with E-state index in [-0.39, 0.29) is 0 Å². The zero-order valence-corrected chi connectivity index (χ0v) is 33.4. The minimum atomic E-state index is -0.826. The summed E-state index contributed by atoms with van der Waals surface area (Å²) < 4.78 is 0. The van der Waals surface area contributed by atoms with Gasteiger partial charge in [0.15, 0.2) is 0 Å². The molecule has 0 spiro atoms. The number of rotatable bonds is 3. The first-order valence-corrected chi connectivity index (χ1v) is 24.1. The van der Waals surface area contributed by atoms with Crippen molar-refractivity contribution >= 4 is 48.1 Å². The summed E-state index contributed by atoms with van der Waals surface area (Å²) in [5, 5.41) is 5.39. The fourth-order valence-corrected chi connectivity index (χ4v) is 6.34. The summed E-state index contributed by atoms with van der Waals surface area (Å²) in [6.07, 6.45) is 0. The molecule has 7 rings (SSSR count). The van der Waals surface area contributed by atoms with Gasteiger partial charge >= 0.3 is 37.9 Å². The van der Waals surface area contributed by atoms with Gasteiger partial charge in [0, 0.05) is 9.52 Å². The number of halogens is 2. The first kappa shape index (κ1) is 36.8. The Morgan fingerprint density at radius 3 is 1.64 bits per heavy atom. The third-order valence-electron chi connectivity index (χ3n) is 8.14.